The number of nitrogens with one attached hydrogen (secondary N) is 1. The number of carbonyl (C=O) groups is 1. The Balaban J connectivity index is 2.67. The SMILES string of the molecule is O=C([O-])NC(Cc1ccccc1)C(O)CCl. The van der Waals surface area contributed by atoms with Crippen LogP contribution in [0.2, 0.25) is 0 Å². The van der Waals surface area contributed by atoms with Crippen LogP contribution in [0.4, 0.5) is 4.79 Å². The summed E-state index contributed by atoms with van der Waals surface area (Å²) in [7, 11) is 0. The van der Waals surface area contributed by atoms with Crippen LogP contribution in [-0.4, -0.2) is 29.2 Å². The molecule has 0 saturated heterocycles. The van der Waals surface area contributed by atoms with Crippen molar-refractivity contribution in [2.45, 2.75) is 18.6 Å². The van der Waals surface area contributed by atoms with Crippen LogP contribution in [0.1, 0.15) is 5.56 Å². The van der Waals surface area contributed by atoms with Crippen LogP contribution in [0.3, 0.4) is 0 Å². The van der Waals surface area contributed by atoms with Gasteiger partial charge in [-0.05, 0) is 12.0 Å². The number of carboxylic acid groups (broad SMARTS) is 1. The average Bonchev–Trinajstić information content (AvgIpc) is 2.28. The highest BCUT2D eigenvalue weighted by Crippen LogP contribution is 2.07. The lowest BCUT2D eigenvalue weighted by Gasteiger charge is -2.24. The predicted octanol–water partition coefficient (Wildman–Crippen LogP) is 0.130. The topological polar surface area (TPSA) is 72.4 Å². The number of hydrogen-bond acceptors (Lipinski definition) is 3. The maximum atomic E-state index is 10.4. The van der Waals surface area contributed by atoms with Crippen molar-refractivity contribution in [1.82, 2.24) is 5.32 Å². The van der Waals surface area contributed by atoms with Gasteiger partial charge in [-0.25, -0.2) is 0 Å². The molecule has 1 aromatic carbocycles. The predicted molar refractivity (Wildman–Crippen MR) is 59.2 cm³/mol. The van der Waals surface area contributed by atoms with Gasteiger partial charge in [-0.2, -0.15) is 0 Å². The lowest BCUT2D eigenvalue weighted by atomic mass is 10.0. The fourth-order valence-electron chi connectivity index (χ4n) is 1.41. The normalized spacial score (nSPS) is 14.1. The zero-order valence-electron chi connectivity index (χ0n) is 8.60. The first kappa shape index (κ1) is 12.8. The minimum Gasteiger partial charge on any atom is -0.530 e. The van der Waals surface area contributed by atoms with Gasteiger partial charge in [0.1, 0.15) is 6.09 Å². The van der Waals surface area contributed by atoms with Crippen molar-refractivity contribution in [3.05, 3.63) is 35.9 Å². The summed E-state index contributed by atoms with van der Waals surface area (Å²) >= 11 is 5.49. The van der Waals surface area contributed by atoms with Crippen LogP contribution in [0.5, 0.6) is 0 Å². The number of alkyl halides is 1. The van der Waals surface area contributed by atoms with E-state index in [9.17, 15) is 15.0 Å². The highest BCUT2D eigenvalue weighted by molar-refractivity contribution is 6.18. The fourth-order valence-corrected chi connectivity index (χ4v) is 1.63. The first-order chi connectivity index (χ1) is 7.63. The maximum absolute atomic E-state index is 10.4. The Kier molecular flexibility index (Phi) is 5.08. The van der Waals surface area contributed by atoms with Gasteiger partial charge >= 0.3 is 0 Å². The van der Waals surface area contributed by atoms with Crippen LogP contribution < -0.4 is 10.4 Å². The van der Waals surface area contributed by atoms with E-state index in [4.69, 9.17) is 11.6 Å². The van der Waals surface area contributed by atoms with Gasteiger partial charge in [0.15, 0.2) is 0 Å². The van der Waals surface area contributed by atoms with E-state index in [-0.39, 0.29) is 5.88 Å². The Morgan fingerprint density at radius 2 is 2.06 bits per heavy atom. The van der Waals surface area contributed by atoms with Crippen molar-refractivity contribution in [2.24, 2.45) is 0 Å². The van der Waals surface area contributed by atoms with Crippen molar-refractivity contribution in [3.63, 3.8) is 0 Å². The zero-order valence-corrected chi connectivity index (χ0v) is 9.35. The number of carbonyl (C=O) groups excluding carboxylic acids is 1. The number of benzene rings is 1. The largest absolute Gasteiger partial charge is 0.530 e. The molecule has 2 N–H and O–H groups in total. The molecule has 1 amide bonds. The number of aliphatic hydroxyl groups is 1. The molecule has 0 radical (unpaired) electrons. The molecule has 0 fully saturated rings. The lowest BCUT2D eigenvalue weighted by molar-refractivity contribution is -0.252. The number of amides is 1. The number of rotatable bonds is 5. The molecule has 0 aliphatic carbocycles. The second kappa shape index (κ2) is 6.35. The van der Waals surface area contributed by atoms with E-state index in [0.717, 1.165) is 5.56 Å². The standard InChI is InChI=1S/C11H14ClNO3/c12-7-10(14)9(13-11(15)16)6-8-4-2-1-3-5-8/h1-5,9-10,13-14H,6-7H2,(H,15,16)/p-1. The second-order valence-corrected chi connectivity index (χ2v) is 3.76. The molecule has 0 spiro atoms. The summed E-state index contributed by atoms with van der Waals surface area (Å²) in [6.07, 6.45) is -1.97. The monoisotopic (exact) mass is 242 g/mol. The van der Waals surface area contributed by atoms with E-state index in [1.54, 1.807) is 0 Å². The van der Waals surface area contributed by atoms with Gasteiger partial charge in [0.2, 0.25) is 0 Å². The molecular weight excluding hydrogens is 230 g/mol. The van der Waals surface area contributed by atoms with Crippen LogP contribution in [0.15, 0.2) is 30.3 Å². The summed E-state index contributed by atoms with van der Waals surface area (Å²) in [5.41, 5.74) is 0.922. The maximum Gasteiger partial charge on any atom is 0.134 e. The summed E-state index contributed by atoms with van der Waals surface area (Å²) in [6, 6.07) is 8.61. The van der Waals surface area contributed by atoms with E-state index >= 15 is 0 Å². The van der Waals surface area contributed by atoms with Crippen LogP contribution >= 0.6 is 11.6 Å². The van der Waals surface area contributed by atoms with E-state index in [1.807, 2.05) is 30.3 Å². The van der Waals surface area contributed by atoms with E-state index in [1.165, 1.54) is 0 Å². The van der Waals surface area contributed by atoms with Crippen LogP contribution in [0, 0.1) is 0 Å². The molecule has 0 heterocycles. The molecule has 0 bridgehead atoms. The molecule has 0 aliphatic rings. The number of hydrogen-bond donors (Lipinski definition) is 2. The third-order valence-electron chi connectivity index (χ3n) is 2.22. The summed E-state index contributed by atoms with van der Waals surface area (Å²) < 4.78 is 0. The van der Waals surface area contributed by atoms with Gasteiger partial charge in [-0.1, -0.05) is 30.3 Å². The Morgan fingerprint density at radius 3 is 2.56 bits per heavy atom. The van der Waals surface area contributed by atoms with Crippen molar-refractivity contribution in [3.8, 4) is 0 Å². The third-order valence-corrected chi connectivity index (χ3v) is 2.54. The Bertz CT molecular complexity index is 331. The molecule has 16 heavy (non-hydrogen) atoms. The van der Waals surface area contributed by atoms with Crippen molar-refractivity contribution in [2.75, 3.05) is 5.88 Å². The van der Waals surface area contributed by atoms with Crippen LogP contribution in [-0.2, 0) is 6.42 Å². The lowest BCUT2D eigenvalue weighted by Crippen LogP contribution is -2.50. The highest BCUT2D eigenvalue weighted by Gasteiger charge is 2.18. The Hall–Kier alpha value is -1.26. The first-order valence-corrected chi connectivity index (χ1v) is 5.42. The molecular formula is C11H13ClNO3-. The van der Waals surface area contributed by atoms with Gasteiger partial charge in [0.25, 0.3) is 0 Å². The molecule has 2 unspecified atom stereocenters. The van der Waals surface area contributed by atoms with Gasteiger partial charge < -0.3 is 20.3 Å². The summed E-state index contributed by atoms with van der Waals surface area (Å²) in [5, 5.41) is 22.1. The second-order valence-electron chi connectivity index (χ2n) is 3.45. The van der Waals surface area contributed by atoms with Gasteiger partial charge in [0, 0.05) is 0 Å². The third kappa shape index (κ3) is 4.08. The minimum absolute atomic E-state index is 0.0300. The van der Waals surface area contributed by atoms with Crippen molar-refractivity contribution >= 4 is 17.7 Å². The molecule has 4 nitrogen and oxygen atoms in total. The fraction of sp³-hybridized carbons (Fsp3) is 0.364. The summed E-state index contributed by atoms with van der Waals surface area (Å²) in [4.78, 5) is 10.4. The van der Waals surface area contributed by atoms with Crippen molar-refractivity contribution in [1.29, 1.82) is 0 Å². The Labute approximate surface area is 98.9 Å². The number of halogens is 1. The smallest absolute Gasteiger partial charge is 0.134 e. The molecule has 1 rings (SSSR count). The molecule has 2 atom stereocenters. The summed E-state index contributed by atoms with van der Waals surface area (Å²) in [6.45, 7) is 0. The van der Waals surface area contributed by atoms with Crippen LogP contribution in [0.25, 0.3) is 0 Å². The van der Waals surface area contributed by atoms with Crippen molar-refractivity contribution < 1.29 is 15.0 Å². The molecule has 0 aromatic heterocycles. The average molecular weight is 243 g/mol. The molecule has 5 heteroatoms. The number of aliphatic hydroxyl groups excluding tert-OH is 1. The van der Waals surface area contributed by atoms with E-state index in [0.29, 0.717) is 6.42 Å². The summed E-state index contributed by atoms with van der Waals surface area (Å²) in [5.74, 6) is -0.0300. The quantitative estimate of drug-likeness (QED) is 0.721. The van der Waals surface area contributed by atoms with Gasteiger partial charge in [-0.15, -0.1) is 11.6 Å². The van der Waals surface area contributed by atoms with E-state index < -0.39 is 18.2 Å². The first-order valence-electron chi connectivity index (χ1n) is 4.89. The van der Waals surface area contributed by atoms with Gasteiger partial charge in [0.05, 0.1) is 18.0 Å². The Morgan fingerprint density at radius 1 is 1.44 bits per heavy atom. The molecule has 88 valence electrons. The molecule has 0 aliphatic heterocycles. The molecule has 1 aromatic rings. The minimum atomic E-state index is -1.41. The highest BCUT2D eigenvalue weighted by atomic mass is 35.5. The van der Waals surface area contributed by atoms with Gasteiger partial charge in [-0.3, -0.25) is 0 Å². The molecule has 0 saturated carbocycles. The zero-order chi connectivity index (χ0) is 12.0. The van der Waals surface area contributed by atoms with E-state index in [2.05, 4.69) is 5.32 Å².